The standard InChI is InChI=1S/C17H12Si/c1-2-5-14-11-16-15(10-13(14)4-1)8-7-12-6-3-9-18-17(12)16/h1-11,18H. The lowest BCUT2D eigenvalue weighted by molar-refractivity contribution is 1.80. The summed E-state index contributed by atoms with van der Waals surface area (Å²) in [6.07, 6.45) is 0. The summed E-state index contributed by atoms with van der Waals surface area (Å²) in [7, 11) is 0.271. The Hall–Kier alpha value is -1.99. The van der Waals surface area contributed by atoms with Crippen molar-refractivity contribution in [3.8, 4) is 0 Å². The Morgan fingerprint density at radius 1 is 0.611 bits per heavy atom. The Bertz CT molecular complexity index is 872. The second kappa shape index (κ2) is 3.75. The van der Waals surface area contributed by atoms with Crippen molar-refractivity contribution in [2.24, 2.45) is 0 Å². The number of rotatable bonds is 0. The monoisotopic (exact) mass is 244 g/mol. The van der Waals surface area contributed by atoms with Gasteiger partial charge in [0.2, 0.25) is 0 Å². The topological polar surface area (TPSA) is 0 Å². The summed E-state index contributed by atoms with van der Waals surface area (Å²) < 4.78 is 0. The zero-order valence-corrected chi connectivity index (χ0v) is 11.1. The molecule has 0 aliphatic rings. The van der Waals surface area contributed by atoms with Crippen molar-refractivity contribution in [1.82, 2.24) is 0 Å². The minimum Gasteiger partial charge on any atom is -0.0799 e. The van der Waals surface area contributed by atoms with Gasteiger partial charge in [-0.3, -0.25) is 0 Å². The zero-order valence-electron chi connectivity index (χ0n) is 9.93. The highest BCUT2D eigenvalue weighted by atomic mass is 28.2. The maximum Gasteiger partial charge on any atom is 0.0309 e. The molecule has 4 rings (SSSR count). The number of hydrogen-bond donors (Lipinski definition) is 0. The molecule has 0 amide bonds. The van der Waals surface area contributed by atoms with Crippen LogP contribution in [0.3, 0.4) is 0 Å². The maximum absolute atomic E-state index is 2.35. The average Bonchev–Trinajstić information content (AvgIpc) is 2.45. The molecule has 0 unspecified atom stereocenters. The van der Waals surface area contributed by atoms with Crippen molar-refractivity contribution in [2.45, 2.75) is 0 Å². The third kappa shape index (κ3) is 1.41. The van der Waals surface area contributed by atoms with E-state index in [9.17, 15) is 0 Å². The molecule has 1 heterocycles. The molecule has 84 valence electrons. The Labute approximate surface area is 108 Å². The summed E-state index contributed by atoms with van der Waals surface area (Å²) in [5.41, 5.74) is 2.32. The molecule has 0 fully saturated rings. The molecule has 3 aromatic carbocycles. The van der Waals surface area contributed by atoms with Crippen molar-refractivity contribution in [3.05, 3.63) is 66.3 Å². The summed E-state index contributed by atoms with van der Waals surface area (Å²) in [4.78, 5) is 1.54. The molecule has 0 saturated carbocycles. The summed E-state index contributed by atoms with van der Waals surface area (Å²) in [5.74, 6) is 0. The predicted octanol–water partition coefficient (Wildman–Crippen LogP) is 4.22. The van der Waals surface area contributed by atoms with Crippen LogP contribution in [0.1, 0.15) is 0 Å². The van der Waals surface area contributed by atoms with Gasteiger partial charge in [0, 0.05) is 9.12 Å². The molecule has 0 N–H and O–H groups in total. The molecule has 0 nitrogen and oxygen atoms in total. The van der Waals surface area contributed by atoms with E-state index < -0.39 is 0 Å². The highest BCUT2D eigenvalue weighted by molar-refractivity contribution is 6.51. The Morgan fingerprint density at radius 3 is 2.22 bits per heavy atom. The Kier molecular flexibility index (Phi) is 2.08. The first kappa shape index (κ1) is 9.98. The van der Waals surface area contributed by atoms with Gasteiger partial charge in [0.05, 0.1) is 0 Å². The van der Waals surface area contributed by atoms with Crippen LogP contribution < -0.4 is 0 Å². The van der Waals surface area contributed by atoms with Crippen LogP contribution in [0.25, 0.3) is 31.9 Å². The van der Waals surface area contributed by atoms with Crippen LogP contribution in [-0.2, 0) is 0 Å². The quantitative estimate of drug-likeness (QED) is 0.247. The fourth-order valence-corrected chi connectivity index (χ4v) is 3.93. The molecule has 1 aromatic heterocycles. The molecule has 0 saturated heterocycles. The first-order valence-electron chi connectivity index (χ1n) is 6.22. The first-order valence-corrected chi connectivity index (χ1v) is 7.46. The minimum absolute atomic E-state index is 0.271. The predicted molar refractivity (Wildman–Crippen MR) is 81.7 cm³/mol. The van der Waals surface area contributed by atoms with Gasteiger partial charge in [-0.1, -0.05) is 54.2 Å². The van der Waals surface area contributed by atoms with E-state index in [2.05, 4.69) is 66.3 Å². The lowest BCUT2D eigenvalue weighted by Gasteiger charge is -2.06. The van der Waals surface area contributed by atoms with E-state index in [0.717, 1.165) is 0 Å². The molecule has 0 bridgehead atoms. The largest absolute Gasteiger partial charge is 0.0799 e. The van der Waals surface area contributed by atoms with Gasteiger partial charge in [0.15, 0.2) is 0 Å². The molecule has 0 aliphatic heterocycles. The lowest BCUT2D eigenvalue weighted by atomic mass is 10.0. The Morgan fingerprint density at radius 2 is 1.33 bits per heavy atom. The summed E-state index contributed by atoms with van der Waals surface area (Å²) in [6, 6.07) is 22.2. The number of benzene rings is 3. The molecule has 0 spiro atoms. The van der Waals surface area contributed by atoms with E-state index in [1.54, 1.807) is 5.00 Å². The first-order chi connectivity index (χ1) is 8.92. The van der Waals surface area contributed by atoms with Crippen LogP contribution in [-0.4, -0.2) is 9.12 Å². The van der Waals surface area contributed by atoms with Gasteiger partial charge in [-0.2, -0.15) is 0 Å². The van der Waals surface area contributed by atoms with Crippen LogP contribution in [0.2, 0.25) is 0 Å². The van der Waals surface area contributed by atoms with Gasteiger partial charge in [0.25, 0.3) is 0 Å². The van der Waals surface area contributed by atoms with Crippen LogP contribution in [0.4, 0.5) is 0 Å². The maximum atomic E-state index is 2.35. The third-order valence-electron chi connectivity index (χ3n) is 3.61. The van der Waals surface area contributed by atoms with Crippen LogP contribution >= 0.6 is 0 Å². The summed E-state index contributed by atoms with van der Waals surface area (Å²) in [6.45, 7) is 0. The third-order valence-corrected chi connectivity index (χ3v) is 5.00. The highest BCUT2D eigenvalue weighted by Crippen LogP contribution is 2.27. The smallest absolute Gasteiger partial charge is 0.0309 e. The van der Waals surface area contributed by atoms with Crippen molar-refractivity contribution < 1.29 is 0 Å². The van der Waals surface area contributed by atoms with Crippen molar-refractivity contribution in [2.75, 3.05) is 0 Å². The molecule has 0 atom stereocenters. The molecule has 1 heteroatoms. The SMILES string of the molecule is c1ccc2cc3c(ccc4ccc[siH]c43)cc2c1. The minimum atomic E-state index is 0.271. The molecular formula is C17H12Si. The van der Waals surface area contributed by atoms with Gasteiger partial charge >= 0.3 is 0 Å². The van der Waals surface area contributed by atoms with E-state index in [1.807, 2.05) is 0 Å². The van der Waals surface area contributed by atoms with Crippen LogP contribution in [0.5, 0.6) is 0 Å². The summed E-state index contributed by atoms with van der Waals surface area (Å²) >= 11 is 0. The Balaban J connectivity index is 2.27. The normalized spacial score (nSPS) is 11.3. The van der Waals surface area contributed by atoms with Gasteiger partial charge in [-0.15, -0.1) is 0 Å². The van der Waals surface area contributed by atoms with E-state index in [0.29, 0.717) is 0 Å². The van der Waals surface area contributed by atoms with Crippen LogP contribution in [0, 0.1) is 0 Å². The van der Waals surface area contributed by atoms with Crippen LogP contribution in [0.15, 0.2) is 66.3 Å². The second-order valence-electron chi connectivity index (χ2n) is 4.71. The van der Waals surface area contributed by atoms with Gasteiger partial charge in [-0.05, 0) is 44.1 Å². The lowest BCUT2D eigenvalue weighted by Crippen LogP contribution is -1.82. The van der Waals surface area contributed by atoms with E-state index in [1.165, 1.54) is 26.9 Å². The fourth-order valence-electron chi connectivity index (χ4n) is 2.70. The van der Waals surface area contributed by atoms with Crippen molar-refractivity contribution >= 4 is 41.0 Å². The molecule has 18 heavy (non-hydrogen) atoms. The average molecular weight is 244 g/mol. The highest BCUT2D eigenvalue weighted by Gasteiger charge is 2.01. The molecular weight excluding hydrogens is 232 g/mol. The van der Waals surface area contributed by atoms with Crippen molar-refractivity contribution in [1.29, 1.82) is 0 Å². The zero-order chi connectivity index (χ0) is 11.9. The molecule has 4 aromatic rings. The van der Waals surface area contributed by atoms with Crippen molar-refractivity contribution in [3.63, 3.8) is 0 Å². The van der Waals surface area contributed by atoms with E-state index in [-0.39, 0.29) is 9.12 Å². The van der Waals surface area contributed by atoms with E-state index >= 15 is 0 Å². The van der Waals surface area contributed by atoms with Gasteiger partial charge in [-0.25, -0.2) is 0 Å². The summed E-state index contributed by atoms with van der Waals surface area (Å²) in [5, 5.41) is 6.86. The molecule has 0 radical (unpaired) electrons. The number of hydrogen-bond acceptors (Lipinski definition) is 0. The molecule has 0 aliphatic carbocycles. The number of fused-ring (bicyclic) bond motifs is 4. The van der Waals surface area contributed by atoms with Gasteiger partial charge in [0.1, 0.15) is 0 Å². The second-order valence-corrected chi connectivity index (χ2v) is 6.00. The van der Waals surface area contributed by atoms with E-state index in [4.69, 9.17) is 0 Å². The van der Waals surface area contributed by atoms with Gasteiger partial charge < -0.3 is 0 Å². The fraction of sp³-hybridized carbons (Fsp3) is 0.